The number of unbranched alkanes of at least 4 members (excludes halogenated alkanes) is 3. The van der Waals surface area contributed by atoms with Crippen LogP contribution in [0.1, 0.15) is 59.3 Å². The molecule has 0 aliphatic rings. The van der Waals surface area contributed by atoms with E-state index in [2.05, 4.69) is 20.8 Å². The third kappa shape index (κ3) is 14.5. The monoisotopic (exact) mass is 332 g/mol. The zero-order valence-corrected chi connectivity index (χ0v) is 14.1. The maximum Gasteiger partial charge on any atom is 0.522 e. The molecule has 8 heteroatoms. The van der Waals surface area contributed by atoms with Gasteiger partial charge in [0.25, 0.3) is 0 Å². The van der Waals surface area contributed by atoms with Crippen molar-refractivity contribution < 1.29 is 26.1 Å². The molecule has 0 saturated carbocycles. The van der Waals surface area contributed by atoms with Crippen LogP contribution in [0.2, 0.25) is 19.0 Å². The Kier molecular flexibility index (Phi) is 13.5. The Morgan fingerprint density at radius 1 is 0.857 bits per heavy atom. The number of hydrogen-bond acceptors (Lipinski definition) is 2. The minimum atomic E-state index is -5.84. The van der Waals surface area contributed by atoms with E-state index in [0.29, 0.717) is 0 Å². The first-order chi connectivity index (χ1) is 9.60. The van der Waals surface area contributed by atoms with Crippen molar-refractivity contribution in [1.82, 2.24) is 0 Å². The summed E-state index contributed by atoms with van der Waals surface area (Å²) >= 11 is 0. The van der Waals surface area contributed by atoms with Crippen molar-refractivity contribution in [3.05, 3.63) is 0 Å². The molecule has 128 valence electrons. The summed E-state index contributed by atoms with van der Waals surface area (Å²) in [5, 5.41) is 0. The quantitative estimate of drug-likeness (QED) is 0.355. The van der Waals surface area contributed by atoms with E-state index in [1.807, 2.05) is 0 Å². The molecule has 0 aliphatic carbocycles. The van der Waals surface area contributed by atoms with E-state index < -0.39 is 15.6 Å². The third-order valence-electron chi connectivity index (χ3n) is 3.19. The molecule has 0 aromatic carbocycles. The Morgan fingerprint density at radius 3 is 1.24 bits per heavy atom. The molecule has 0 fully saturated rings. The van der Waals surface area contributed by atoms with Crippen LogP contribution in [0, 0.1) is 0 Å². The molecule has 0 aliphatic heterocycles. The van der Waals surface area contributed by atoms with Gasteiger partial charge in [-0.05, 0) is 0 Å². The van der Waals surface area contributed by atoms with Gasteiger partial charge in [0.2, 0.25) is 0 Å². The molecule has 0 aromatic heterocycles. The average molecular weight is 332 g/mol. The molecule has 0 rings (SSSR count). The highest BCUT2D eigenvalue weighted by atomic mass is 32.2. The van der Waals surface area contributed by atoms with Gasteiger partial charge in [0.1, 0.15) is 6.71 Å². The van der Waals surface area contributed by atoms with Gasteiger partial charge < -0.3 is 0 Å². The van der Waals surface area contributed by atoms with Gasteiger partial charge in [-0.15, -0.1) is 0 Å². The molecule has 1 N–H and O–H groups in total. The summed E-state index contributed by atoms with van der Waals surface area (Å²) in [5.74, 6) is 0. The second-order valence-electron chi connectivity index (χ2n) is 5.21. The summed E-state index contributed by atoms with van der Waals surface area (Å²) in [5.41, 5.74) is -5.53. The predicted octanol–water partition coefficient (Wildman–Crippen LogP) is 5.28. The standard InChI is InChI=1S/C12H27B.CHF3O3S/c1-4-7-10-13(11-8-5-2)12-9-6-3;2-1(3,4)8(5,6)7/h4-12H2,1-3H3;(H,5,6,7). The summed E-state index contributed by atoms with van der Waals surface area (Å²) in [6.45, 7) is 7.95. The van der Waals surface area contributed by atoms with Crippen molar-refractivity contribution in [2.45, 2.75) is 83.8 Å². The van der Waals surface area contributed by atoms with Crippen LogP contribution in [-0.2, 0) is 10.1 Å². The first kappa shape index (κ1) is 23.0. The summed E-state index contributed by atoms with van der Waals surface area (Å²) in [4.78, 5) is 0. The van der Waals surface area contributed by atoms with Gasteiger partial charge >= 0.3 is 15.6 Å². The SMILES string of the molecule is CCCCB(CCCC)CCCC.O=S(=O)(O)C(F)(F)F. The molecule has 0 atom stereocenters. The first-order valence-electron chi connectivity index (χ1n) is 7.63. The molecule has 0 amide bonds. The van der Waals surface area contributed by atoms with Gasteiger partial charge in [-0.25, -0.2) is 0 Å². The fourth-order valence-corrected chi connectivity index (χ4v) is 1.91. The molecule has 0 aromatic rings. The van der Waals surface area contributed by atoms with Crippen LogP contribution in [0.4, 0.5) is 13.2 Å². The molecule has 21 heavy (non-hydrogen) atoms. The molecular weight excluding hydrogens is 304 g/mol. The largest absolute Gasteiger partial charge is 0.522 e. The van der Waals surface area contributed by atoms with Gasteiger partial charge in [-0.1, -0.05) is 78.3 Å². The van der Waals surface area contributed by atoms with Crippen LogP contribution in [0.3, 0.4) is 0 Å². The molecule has 0 heterocycles. The number of rotatable bonds is 9. The third-order valence-corrected chi connectivity index (χ3v) is 3.78. The molecule has 3 nitrogen and oxygen atoms in total. The van der Waals surface area contributed by atoms with Crippen LogP contribution >= 0.6 is 0 Å². The fraction of sp³-hybridized carbons (Fsp3) is 1.00. The first-order valence-corrected chi connectivity index (χ1v) is 9.07. The van der Waals surface area contributed by atoms with E-state index in [-0.39, 0.29) is 0 Å². The van der Waals surface area contributed by atoms with Gasteiger partial charge in [0, 0.05) is 0 Å². The normalized spacial score (nSPS) is 11.8. The zero-order valence-electron chi connectivity index (χ0n) is 13.2. The summed E-state index contributed by atoms with van der Waals surface area (Å²) < 4.78 is 57.5. The Morgan fingerprint density at radius 2 is 1.10 bits per heavy atom. The van der Waals surface area contributed by atoms with Crippen LogP contribution in [0.25, 0.3) is 0 Å². The lowest BCUT2D eigenvalue weighted by atomic mass is 9.41. The summed E-state index contributed by atoms with van der Waals surface area (Å²) in [7, 11) is -5.84. The maximum absolute atomic E-state index is 10.7. The van der Waals surface area contributed by atoms with E-state index in [1.165, 1.54) is 57.5 Å². The van der Waals surface area contributed by atoms with E-state index in [4.69, 9.17) is 13.0 Å². The van der Waals surface area contributed by atoms with Gasteiger partial charge in [-0.3, -0.25) is 4.55 Å². The molecule has 0 bridgehead atoms. The van der Waals surface area contributed by atoms with E-state index >= 15 is 0 Å². The summed E-state index contributed by atoms with van der Waals surface area (Å²) in [6, 6.07) is 0. The molecule has 0 saturated heterocycles. The molecular formula is C13H28BF3O3S. The summed E-state index contributed by atoms with van der Waals surface area (Å²) in [6.07, 6.45) is 12.9. The van der Waals surface area contributed by atoms with Crippen molar-refractivity contribution in [3.8, 4) is 0 Å². The van der Waals surface area contributed by atoms with Gasteiger partial charge in [0.15, 0.2) is 0 Å². The smallest absolute Gasteiger partial charge is 0.279 e. The highest BCUT2D eigenvalue weighted by molar-refractivity contribution is 7.86. The van der Waals surface area contributed by atoms with E-state index in [9.17, 15) is 13.2 Å². The Bertz CT molecular complexity index is 313. The second-order valence-corrected chi connectivity index (χ2v) is 6.63. The molecule has 0 radical (unpaired) electrons. The minimum Gasteiger partial charge on any atom is -0.279 e. The van der Waals surface area contributed by atoms with E-state index in [0.717, 1.165) is 6.71 Å². The molecule has 0 spiro atoms. The Balaban J connectivity index is 0. The van der Waals surface area contributed by atoms with Crippen LogP contribution in [0.15, 0.2) is 0 Å². The number of hydrogen-bond donors (Lipinski definition) is 1. The minimum absolute atomic E-state index is 1.04. The van der Waals surface area contributed by atoms with Crippen molar-refractivity contribution in [3.63, 3.8) is 0 Å². The predicted molar refractivity (Wildman–Crippen MR) is 82.5 cm³/mol. The zero-order chi connectivity index (χ0) is 16.9. The van der Waals surface area contributed by atoms with Crippen molar-refractivity contribution in [2.75, 3.05) is 0 Å². The van der Waals surface area contributed by atoms with Crippen LogP contribution in [0.5, 0.6) is 0 Å². The lowest BCUT2D eigenvalue weighted by Gasteiger charge is -2.11. The maximum atomic E-state index is 10.7. The van der Waals surface area contributed by atoms with Crippen molar-refractivity contribution in [1.29, 1.82) is 0 Å². The highest BCUT2D eigenvalue weighted by Crippen LogP contribution is 2.20. The second kappa shape index (κ2) is 12.3. The van der Waals surface area contributed by atoms with Gasteiger partial charge in [-0.2, -0.15) is 21.6 Å². The highest BCUT2D eigenvalue weighted by Gasteiger charge is 2.44. The van der Waals surface area contributed by atoms with Crippen LogP contribution < -0.4 is 0 Å². The van der Waals surface area contributed by atoms with Crippen LogP contribution in [-0.4, -0.2) is 25.2 Å². The van der Waals surface area contributed by atoms with E-state index in [1.54, 1.807) is 0 Å². The lowest BCUT2D eigenvalue weighted by Crippen LogP contribution is -2.21. The van der Waals surface area contributed by atoms with Crippen molar-refractivity contribution in [2.24, 2.45) is 0 Å². The Hall–Kier alpha value is -0.235. The van der Waals surface area contributed by atoms with Crippen molar-refractivity contribution >= 4 is 16.8 Å². The average Bonchev–Trinajstić information content (AvgIpc) is 2.36. The topological polar surface area (TPSA) is 54.4 Å². The Labute approximate surface area is 127 Å². The fourth-order valence-electron chi connectivity index (χ4n) is 1.91. The number of halogens is 3. The number of alkyl halides is 3. The van der Waals surface area contributed by atoms with Gasteiger partial charge in [0.05, 0.1) is 0 Å². The lowest BCUT2D eigenvalue weighted by molar-refractivity contribution is -0.0510. The molecule has 0 unspecified atom stereocenters.